The van der Waals surface area contributed by atoms with E-state index in [4.69, 9.17) is 23.2 Å². The van der Waals surface area contributed by atoms with Gasteiger partial charge in [0.25, 0.3) is 0 Å². The van der Waals surface area contributed by atoms with Crippen molar-refractivity contribution in [1.29, 1.82) is 0 Å². The number of hydrogen-bond donors (Lipinski definition) is 1. The van der Waals surface area contributed by atoms with Gasteiger partial charge in [0.15, 0.2) is 0 Å². The van der Waals surface area contributed by atoms with Gasteiger partial charge < -0.3 is 5.32 Å². The van der Waals surface area contributed by atoms with Crippen LogP contribution in [-0.4, -0.2) is 22.5 Å². The van der Waals surface area contributed by atoms with Crippen molar-refractivity contribution >= 4 is 34.0 Å². The van der Waals surface area contributed by atoms with Crippen LogP contribution in [0, 0.1) is 5.41 Å². The van der Waals surface area contributed by atoms with Crippen molar-refractivity contribution in [2.75, 3.05) is 12.3 Å². The highest BCUT2D eigenvalue weighted by molar-refractivity contribution is 7.85. The van der Waals surface area contributed by atoms with E-state index in [1.54, 1.807) is 18.2 Å². The van der Waals surface area contributed by atoms with Crippen LogP contribution in [0.5, 0.6) is 0 Å². The Morgan fingerprint density at radius 3 is 2.50 bits per heavy atom. The van der Waals surface area contributed by atoms with E-state index >= 15 is 0 Å². The Morgan fingerprint density at radius 1 is 1.30 bits per heavy atom. The molecule has 0 fully saturated rings. The summed E-state index contributed by atoms with van der Waals surface area (Å²) in [6.45, 7) is 9.49. The molecular weight excluding hydrogens is 313 g/mol. The largest absolute Gasteiger partial charge is 0.313 e. The lowest BCUT2D eigenvalue weighted by Crippen LogP contribution is -2.44. The molecule has 2 nitrogen and oxygen atoms in total. The van der Waals surface area contributed by atoms with Crippen molar-refractivity contribution in [3.8, 4) is 0 Å². The Kier molecular flexibility index (Phi) is 6.99. The maximum Gasteiger partial charge on any atom is 0.0589 e. The van der Waals surface area contributed by atoms with Crippen LogP contribution < -0.4 is 5.32 Å². The molecule has 0 aromatic heterocycles. The van der Waals surface area contributed by atoms with Crippen LogP contribution in [0.25, 0.3) is 0 Å². The Hall–Kier alpha value is -0.0900. The number of nitrogens with one attached hydrogen (secondary N) is 1. The van der Waals surface area contributed by atoms with Gasteiger partial charge in [0, 0.05) is 16.8 Å². The monoisotopic (exact) mass is 335 g/mol. The number of halogens is 2. The lowest BCUT2D eigenvalue weighted by atomic mass is 9.88. The minimum absolute atomic E-state index is 0.0376. The summed E-state index contributed by atoms with van der Waals surface area (Å²) in [5.74, 6) is 0.531. The molecule has 2 atom stereocenters. The first-order valence-corrected chi connectivity index (χ1v) is 8.90. The molecule has 0 aliphatic heterocycles. The summed E-state index contributed by atoms with van der Waals surface area (Å²) in [6.07, 6.45) is 1.05. The van der Waals surface area contributed by atoms with Crippen molar-refractivity contribution in [2.24, 2.45) is 5.41 Å². The zero-order valence-electron chi connectivity index (χ0n) is 12.5. The van der Waals surface area contributed by atoms with Gasteiger partial charge in [0.2, 0.25) is 0 Å². The normalized spacial score (nSPS) is 15.1. The molecule has 0 amide bonds. The van der Waals surface area contributed by atoms with E-state index in [1.165, 1.54) is 0 Å². The third-order valence-corrected chi connectivity index (χ3v) is 5.28. The van der Waals surface area contributed by atoms with Crippen LogP contribution in [0.2, 0.25) is 10.0 Å². The molecular formula is C15H23Cl2NOS. The predicted molar refractivity (Wildman–Crippen MR) is 89.3 cm³/mol. The van der Waals surface area contributed by atoms with Gasteiger partial charge in [-0.05, 0) is 36.6 Å². The SMILES string of the molecule is CCCNC(CS(=O)c1cc(Cl)ccc1Cl)C(C)(C)C. The van der Waals surface area contributed by atoms with Crippen molar-refractivity contribution in [1.82, 2.24) is 5.32 Å². The second-order valence-electron chi connectivity index (χ2n) is 5.96. The fourth-order valence-corrected chi connectivity index (χ4v) is 4.08. The molecule has 0 saturated heterocycles. The average Bonchev–Trinajstić information content (AvgIpc) is 2.35. The van der Waals surface area contributed by atoms with Gasteiger partial charge >= 0.3 is 0 Å². The second kappa shape index (κ2) is 7.79. The molecule has 114 valence electrons. The average molecular weight is 336 g/mol. The number of benzene rings is 1. The van der Waals surface area contributed by atoms with Gasteiger partial charge in [-0.1, -0.05) is 50.9 Å². The number of hydrogen-bond acceptors (Lipinski definition) is 2. The molecule has 1 aromatic carbocycles. The van der Waals surface area contributed by atoms with Gasteiger partial charge in [0.05, 0.1) is 20.7 Å². The Bertz CT molecular complexity index is 471. The minimum atomic E-state index is -1.16. The summed E-state index contributed by atoms with van der Waals surface area (Å²) in [5.41, 5.74) is 0.0376. The molecule has 0 aliphatic carbocycles. The van der Waals surface area contributed by atoms with Crippen LogP contribution in [0.1, 0.15) is 34.1 Å². The van der Waals surface area contributed by atoms with Crippen LogP contribution >= 0.6 is 23.2 Å². The fraction of sp³-hybridized carbons (Fsp3) is 0.600. The van der Waals surface area contributed by atoms with E-state index in [-0.39, 0.29) is 11.5 Å². The molecule has 5 heteroatoms. The van der Waals surface area contributed by atoms with E-state index in [2.05, 4.69) is 33.0 Å². The molecule has 1 rings (SSSR count). The third-order valence-electron chi connectivity index (χ3n) is 3.14. The summed E-state index contributed by atoms with van der Waals surface area (Å²) in [4.78, 5) is 0.617. The molecule has 0 saturated carbocycles. The lowest BCUT2D eigenvalue weighted by Gasteiger charge is -2.31. The first-order valence-electron chi connectivity index (χ1n) is 6.82. The maximum absolute atomic E-state index is 12.6. The van der Waals surface area contributed by atoms with Crippen LogP contribution in [0.3, 0.4) is 0 Å². The first-order chi connectivity index (χ1) is 9.25. The third kappa shape index (κ3) is 5.36. The molecule has 2 unspecified atom stereocenters. The van der Waals surface area contributed by atoms with E-state index in [0.717, 1.165) is 13.0 Å². The van der Waals surface area contributed by atoms with Gasteiger partial charge in [-0.15, -0.1) is 0 Å². The summed E-state index contributed by atoms with van der Waals surface area (Å²) in [6, 6.07) is 5.27. The molecule has 1 aromatic rings. The highest BCUT2D eigenvalue weighted by Crippen LogP contribution is 2.27. The van der Waals surface area contributed by atoms with Crippen LogP contribution in [-0.2, 0) is 10.8 Å². The maximum atomic E-state index is 12.6. The molecule has 0 bridgehead atoms. The Morgan fingerprint density at radius 2 is 1.95 bits per heavy atom. The smallest absolute Gasteiger partial charge is 0.0589 e. The zero-order valence-corrected chi connectivity index (χ0v) is 14.8. The summed E-state index contributed by atoms with van der Waals surface area (Å²) >= 11 is 12.1. The Balaban J connectivity index is 2.87. The van der Waals surface area contributed by atoms with E-state index in [9.17, 15) is 4.21 Å². The van der Waals surface area contributed by atoms with Gasteiger partial charge in [-0.3, -0.25) is 4.21 Å². The van der Waals surface area contributed by atoms with Crippen molar-refractivity contribution in [3.63, 3.8) is 0 Å². The van der Waals surface area contributed by atoms with E-state index < -0.39 is 10.8 Å². The molecule has 1 N–H and O–H groups in total. The minimum Gasteiger partial charge on any atom is -0.313 e. The van der Waals surface area contributed by atoms with Crippen molar-refractivity contribution < 1.29 is 4.21 Å². The standard InChI is InChI=1S/C15H23Cl2NOS/c1-5-8-18-14(15(2,3)4)10-20(19)13-9-11(16)6-7-12(13)17/h6-7,9,14,18H,5,8,10H2,1-4H3. The van der Waals surface area contributed by atoms with Crippen LogP contribution in [0.15, 0.2) is 23.1 Å². The van der Waals surface area contributed by atoms with Gasteiger partial charge in [-0.2, -0.15) is 0 Å². The molecule has 0 radical (unpaired) electrons. The number of rotatable bonds is 6. The molecule has 0 spiro atoms. The zero-order chi connectivity index (χ0) is 15.3. The highest BCUT2D eigenvalue weighted by Gasteiger charge is 2.26. The van der Waals surface area contributed by atoms with E-state index in [0.29, 0.717) is 20.7 Å². The summed E-state index contributed by atoms with van der Waals surface area (Å²) in [7, 11) is -1.16. The summed E-state index contributed by atoms with van der Waals surface area (Å²) in [5, 5.41) is 4.55. The Labute approximate surface area is 134 Å². The van der Waals surface area contributed by atoms with E-state index in [1.807, 2.05) is 0 Å². The lowest BCUT2D eigenvalue weighted by molar-refractivity contribution is 0.290. The topological polar surface area (TPSA) is 29.1 Å². The van der Waals surface area contributed by atoms with Gasteiger partial charge in [-0.25, -0.2) is 0 Å². The quantitative estimate of drug-likeness (QED) is 0.828. The second-order valence-corrected chi connectivity index (χ2v) is 8.27. The van der Waals surface area contributed by atoms with Crippen molar-refractivity contribution in [2.45, 2.75) is 45.1 Å². The molecule has 0 aliphatic rings. The van der Waals surface area contributed by atoms with Crippen molar-refractivity contribution in [3.05, 3.63) is 28.2 Å². The van der Waals surface area contributed by atoms with Crippen LogP contribution in [0.4, 0.5) is 0 Å². The highest BCUT2D eigenvalue weighted by atomic mass is 35.5. The summed E-state index contributed by atoms with van der Waals surface area (Å²) < 4.78 is 12.6. The fourth-order valence-electron chi connectivity index (χ4n) is 1.83. The first kappa shape index (κ1) is 18.0. The predicted octanol–water partition coefficient (Wildman–Crippen LogP) is 4.52. The molecule has 20 heavy (non-hydrogen) atoms. The molecule has 0 heterocycles. The van der Waals surface area contributed by atoms with Gasteiger partial charge in [0.1, 0.15) is 0 Å².